The van der Waals surface area contributed by atoms with Gasteiger partial charge in [0.1, 0.15) is 11.4 Å². The third-order valence-electron chi connectivity index (χ3n) is 5.36. The van der Waals surface area contributed by atoms with E-state index in [1.165, 1.54) is 11.1 Å². The molecule has 1 N–H and O–H groups in total. The number of rotatable bonds is 5. The Kier molecular flexibility index (Phi) is 5.34. The first-order valence-corrected chi connectivity index (χ1v) is 10.0. The second-order valence-electron chi connectivity index (χ2n) is 7.81. The standard InChI is InChI=1S/C23H26N4O2/c1-15(2)22-21(16(3)26-29-22)23(28)25-13-17-8-9-20(24-12-17)27-11-10-18-6-4-5-7-19(18)14-27/h4-9,12,15H,10-11,13-14H2,1-3H3,(H,25,28). The van der Waals surface area contributed by atoms with Crippen molar-refractivity contribution in [2.75, 3.05) is 11.4 Å². The summed E-state index contributed by atoms with van der Waals surface area (Å²) >= 11 is 0. The fourth-order valence-corrected chi connectivity index (χ4v) is 3.73. The summed E-state index contributed by atoms with van der Waals surface area (Å²) in [6.07, 6.45) is 2.87. The van der Waals surface area contributed by atoms with Crippen LogP contribution in [0.1, 0.15) is 58.3 Å². The number of amides is 1. The molecule has 0 bridgehead atoms. The molecule has 1 amide bonds. The Morgan fingerprint density at radius 2 is 2.00 bits per heavy atom. The Bertz CT molecular complexity index is 1010. The largest absolute Gasteiger partial charge is 0.360 e. The fraction of sp³-hybridized carbons (Fsp3) is 0.348. The summed E-state index contributed by atoms with van der Waals surface area (Å²) in [6, 6.07) is 12.6. The van der Waals surface area contributed by atoms with Crippen LogP contribution >= 0.6 is 0 Å². The van der Waals surface area contributed by atoms with E-state index >= 15 is 0 Å². The molecule has 4 rings (SSSR count). The molecule has 3 heterocycles. The lowest BCUT2D eigenvalue weighted by Crippen LogP contribution is -2.31. The highest BCUT2D eigenvalue weighted by atomic mass is 16.5. The maximum atomic E-state index is 12.6. The lowest BCUT2D eigenvalue weighted by Gasteiger charge is -2.29. The molecule has 6 nitrogen and oxygen atoms in total. The van der Waals surface area contributed by atoms with Gasteiger partial charge in [-0.05, 0) is 36.1 Å². The molecule has 0 saturated heterocycles. The Labute approximate surface area is 170 Å². The maximum Gasteiger partial charge on any atom is 0.257 e. The van der Waals surface area contributed by atoms with Crippen molar-refractivity contribution in [3.63, 3.8) is 0 Å². The second-order valence-corrected chi connectivity index (χ2v) is 7.81. The van der Waals surface area contributed by atoms with Gasteiger partial charge in [0, 0.05) is 31.7 Å². The van der Waals surface area contributed by atoms with Crippen molar-refractivity contribution in [2.24, 2.45) is 0 Å². The molecule has 2 aromatic heterocycles. The minimum Gasteiger partial charge on any atom is -0.360 e. The molecular weight excluding hydrogens is 364 g/mol. The number of hydrogen-bond donors (Lipinski definition) is 1. The van der Waals surface area contributed by atoms with E-state index < -0.39 is 0 Å². The zero-order valence-corrected chi connectivity index (χ0v) is 17.1. The average Bonchev–Trinajstić information content (AvgIpc) is 3.14. The number of nitrogens with one attached hydrogen (secondary N) is 1. The van der Waals surface area contributed by atoms with Crippen LogP contribution in [-0.4, -0.2) is 22.6 Å². The summed E-state index contributed by atoms with van der Waals surface area (Å²) in [5.41, 5.74) is 4.90. The Balaban J connectivity index is 1.39. The number of benzene rings is 1. The Morgan fingerprint density at radius 1 is 1.21 bits per heavy atom. The molecule has 0 radical (unpaired) electrons. The predicted octanol–water partition coefficient (Wildman–Crippen LogP) is 3.99. The molecule has 150 valence electrons. The fourth-order valence-electron chi connectivity index (χ4n) is 3.73. The van der Waals surface area contributed by atoms with Crippen molar-refractivity contribution >= 4 is 11.7 Å². The SMILES string of the molecule is Cc1noc(C(C)C)c1C(=O)NCc1ccc(N2CCc3ccccc3C2)nc1. The van der Waals surface area contributed by atoms with Gasteiger partial charge in [0.25, 0.3) is 5.91 Å². The van der Waals surface area contributed by atoms with Crippen molar-refractivity contribution in [1.29, 1.82) is 0 Å². The molecule has 29 heavy (non-hydrogen) atoms. The Morgan fingerprint density at radius 3 is 2.72 bits per heavy atom. The quantitative estimate of drug-likeness (QED) is 0.713. The van der Waals surface area contributed by atoms with Gasteiger partial charge in [0.05, 0.1) is 5.69 Å². The second kappa shape index (κ2) is 8.07. The molecule has 1 aliphatic rings. The minimum atomic E-state index is -0.163. The average molecular weight is 390 g/mol. The number of carbonyl (C=O) groups excluding carboxylic acids is 1. The smallest absolute Gasteiger partial charge is 0.257 e. The van der Waals surface area contributed by atoms with Crippen molar-refractivity contribution < 1.29 is 9.32 Å². The lowest BCUT2D eigenvalue weighted by atomic mass is 10.00. The number of aryl methyl sites for hydroxylation is 1. The first-order valence-electron chi connectivity index (χ1n) is 10.0. The highest BCUT2D eigenvalue weighted by molar-refractivity contribution is 5.96. The Hall–Kier alpha value is -3.15. The van der Waals surface area contributed by atoms with Crippen LogP contribution in [0.25, 0.3) is 0 Å². The van der Waals surface area contributed by atoms with Crippen LogP contribution in [0.15, 0.2) is 47.1 Å². The third kappa shape index (κ3) is 4.01. The molecule has 3 aromatic rings. The third-order valence-corrected chi connectivity index (χ3v) is 5.36. The van der Waals surface area contributed by atoms with E-state index in [-0.39, 0.29) is 11.8 Å². The van der Waals surface area contributed by atoms with Gasteiger partial charge in [0.2, 0.25) is 0 Å². The van der Waals surface area contributed by atoms with Crippen LogP contribution < -0.4 is 10.2 Å². The van der Waals surface area contributed by atoms with Crippen LogP contribution in [0.3, 0.4) is 0 Å². The molecule has 0 fully saturated rings. The molecular formula is C23H26N4O2. The number of hydrogen-bond acceptors (Lipinski definition) is 5. The van der Waals surface area contributed by atoms with Crippen molar-refractivity contribution in [2.45, 2.75) is 46.2 Å². The summed E-state index contributed by atoms with van der Waals surface area (Å²) in [6.45, 7) is 8.01. The lowest BCUT2D eigenvalue weighted by molar-refractivity contribution is 0.0948. The van der Waals surface area contributed by atoms with E-state index in [0.29, 0.717) is 23.6 Å². The van der Waals surface area contributed by atoms with E-state index in [1.807, 2.05) is 32.2 Å². The van der Waals surface area contributed by atoms with Crippen molar-refractivity contribution in [3.05, 3.63) is 76.3 Å². The molecule has 0 unspecified atom stereocenters. The minimum absolute atomic E-state index is 0.104. The van der Waals surface area contributed by atoms with Crippen molar-refractivity contribution in [3.8, 4) is 0 Å². The number of anilines is 1. The molecule has 0 aliphatic carbocycles. The number of fused-ring (bicyclic) bond motifs is 1. The highest BCUT2D eigenvalue weighted by Crippen LogP contribution is 2.24. The molecule has 0 saturated carbocycles. The van der Waals surface area contributed by atoms with E-state index in [1.54, 1.807) is 6.92 Å². The maximum absolute atomic E-state index is 12.6. The number of aromatic nitrogens is 2. The van der Waals surface area contributed by atoms with Gasteiger partial charge in [-0.15, -0.1) is 0 Å². The molecule has 1 aromatic carbocycles. The van der Waals surface area contributed by atoms with E-state index in [2.05, 4.69) is 44.6 Å². The van der Waals surface area contributed by atoms with Crippen LogP contribution in [0.2, 0.25) is 0 Å². The zero-order chi connectivity index (χ0) is 20.4. The predicted molar refractivity (Wildman–Crippen MR) is 112 cm³/mol. The molecule has 0 atom stereocenters. The van der Waals surface area contributed by atoms with Gasteiger partial charge in [-0.2, -0.15) is 0 Å². The first-order chi connectivity index (χ1) is 14.0. The van der Waals surface area contributed by atoms with Gasteiger partial charge >= 0.3 is 0 Å². The van der Waals surface area contributed by atoms with E-state index in [4.69, 9.17) is 4.52 Å². The number of carbonyl (C=O) groups is 1. The summed E-state index contributed by atoms with van der Waals surface area (Å²) < 4.78 is 5.31. The van der Waals surface area contributed by atoms with Gasteiger partial charge in [-0.3, -0.25) is 4.79 Å². The van der Waals surface area contributed by atoms with Crippen LogP contribution in [0.4, 0.5) is 5.82 Å². The van der Waals surface area contributed by atoms with Gasteiger partial charge in [0.15, 0.2) is 5.76 Å². The number of pyridine rings is 1. The summed E-state index contributed by atoms with van der Waals surface area (Å²) in [7, 11) is 0. The van der Waals surface area contributed by atoms with Crippen LogP contribution in [0.5, 0.6) is 0 Å². The zero-order valence-electron chi connectivity index (χ0n) is 17.1. The first kappa shape index (κ1) is 19.2. The van der Waals surface area contributed by atoms with Crippen LogP contribution in [-0.2, 0) is 19.5 Å². The van der Waals surface area contributed by atoms with Gasteiger partial charge in [-0.25, -0.2) is 4.98 Å². The molecule has 0 spiro atoms. The van der Waals surface area contributed by atoms with Crippen LogP contribution in [0, 0.1) is 6.92 Å². The van der Waals surface area contributed by atoms with E-state index in [9.17, 15) is 4.79 Å². The number of nitrogens with zero attached hydrogens (tertiary/aromatic N) is 3. The highest BCUT2D eigenvalue weighted by Gasteiger charge is 2.22. The van der Waals surface area contributed by atoms with E-state index in [0.717, 1.165) is 30.9 Å². The topological polar surface area (TPSA) is 71.3 Å². The van der Waals surface area contributed by atoms with Gasteiger partial charge < -0.3 is 14.7 Å². The molecule has 6 heteroatoms. The summed E-state index contributed by atoms with van der Waals surface area (Å²) in [5, 5.41) is 6.90. The summed E-state index contributed by atoms with van der Waals surface area (Å²) in [5.74, 6) is 1.53. The normalized spacial score (nSPS) is 13.4. The molecule has 1 aliphatic heterocycles. The van der Waals surface area contributed by atoms with Gasteiger partial charge in [-0.1, -0.05) is 49.3 Å². The summed E-state index contributed by atoms with van der Waals surface area (Å²) in [4.78, 5) is 19.5. The van der Waals surface area contributed by atoms with Crippen molar-refractivity contribution in [1.82, 2.24) is 15.5 Å². The monoisotopic (exact) mass is 390 g/mol.